The van der Waals surface area contributed by atoms with Gasteiger partial charge in [0.05, 0.1) is 21.3 Å². The lowest BCUT2D eigenvalue weighted by molar-refractivity contribution is 0.0155. The number of hydrogen-bond acceptors (Lipinski definition) is 5. The van der Waals surface area contributed by atoms with E-state index in [9.17, 15) is 0 Å². The Morgan fingerprint density at radius 3 is 2.14 bits per heavy atom. The molecule has 1 aliphatic heterocycles. The Balaban J connectivity index is 1.79. The number of anilines is 1. The second kappa shape index (κ2) is 8.23. The van der Waals surface area contributed by atoms with Gasteiger partial charge in [0.1, 0.15) is 6.10 Å². The molecule has 0 fully saturated rings. The van der Waals surface area contributed by atoms with Gasteiger partial charge in [0.15, 0.2) is 17.7 Å². The molecule has 1 N–H and O–H groups in total. The highest BCUT2D eigenvalue weighted by molar-refractivity contribution is 6.30. The Labute approximate surface area is 175 Å². The normalized spacial score (nSPS) is 17.8. The maximum Gasteiger partial charge on any atom is 0.203 e. The van der Waals surface area contributed by atoms with Crippen LogP contribution in [0.4, 0.5) is 5.69 Å². The molecule has 6 heteroatoms. The monoisotopic (exact) mass is 411 g/mol. The summed E-state index contributed by atoms with van der Waals surface area (Å²) in [7, 11) is 4.78. The standard InChI is InChI=1S/C23H22ClNO4/c1-26-19-11-15(12-20(27-2)22(19)28-3)23-25-18-10-9-16(24)13-17(18)21(29-23)14-7-5-4-6-8-14/h4-13,21,23,25H,1-3H3/t21-,23+/m0/s1. The fraction of sp³-hybridized carbons (Fsp3) is 0.217. The van der Waals surface area contributed by atoms with E-state index in [1.54, 1.807) is 21.3 Å². The van der Waals surface area contributed by atoms with Crippen LogP contribution in [0.3, 0.4) is 0 Å². The molecule has 29 heavy (non-hydrogen) atoms. The first kappa shape index (κ1) is 19.4. The van der Waals surface area contributed by atoms with Gasteiger partial charge in [-0.15, -0.1) is 0 Å². The van der Waals surface area contributed by atoms with Gasteiger partial charge < -0.3 is 24.3 Å². The quantitative estimate of drug-likeness (QED) is 0.592. The largest absolute Gasteiger partial charge is 0.493 e. The number of methoxy groups -OCH3 is 3. The molecule has 0 radical (unpaired) electrons. The maximum atomic E-state index is 6.49. The number of benzene rings is 3. The summed E-state index contributed by atoms with van der Waals surface area (Å²) >= 11 is 6.27. The molecule has 0 amide bonds. The van der Waals surface area contributed by atoms with Crippen molar-refractivity contribution in [3.05, 3.63) is 82.4 Å². The van der Waals surface area contributed by atoms with E-state index in [4.69, 9.17) is 30.5 Å². The van der Waals surface area contributed by atoms with Crippen molar-refractivity contribution in [2.75, 3.05) is 26.6 Å². The molecule has 150 valence electrons. The van der Waals surface area contributed by atoms with E-state index in [0.717, 1.165) is 22.4 Å². The van der Waals surface area contributed by atoms with E-state index in [1.165, 1.54) is 0 Å². The molecule has 0 unspecified atom stereocenters. The third-order valence-corrected chi connectivity index (χ3v) is 5.18. The molecule has 3 aromatic carbocycles. The van der Waals surface area contributed by atoms with Gasteiger partial charge in [-0.25, -0.2) is 0 Å². The van der Waals surface area contributed by atoms with Crippen molar-refractivity contribution >= 4 is 17.3 Å². The van der Waals surface area contributed by atoms with E-state index >= 15 is 0 Å². The second-order valence-electron chi connectivity index (χ2n) is 6.64. The molecule has 1 aliphatic rings. The van der Waals surface area contributed by atoms with Crippen molar-refractivity contribution in [3.8, 4) is 17.2 Å². The van der Waals surface area contributed by atoms with Crippen LogP contribution in [-0.2, 0) is 4.74 Å². The van der Waals surface area contributed by atoms with Crippen molar-refractivity contribution in [2.24, 2.45) is 0 Å². The van der Waals surface area contributed by atoms with Gasteiger partial charge in [0.2, 0.25) is 5.75 Å². The lowest BCUT2D eigenvalue weighted by atomic mass is 9.97. The van der Waals surface area contributed by atoms with Gasteiger partial charge in [-0.2, -0.15) is 0 Å². The average Bonchev–Trinajstić information content (AvgIpc) is 2.77. The SMILES string of the molecule is COc1cc([C@@H]2Nc3ccc(Cl)cc3[C@H](c3ccccc3)O2)cc(OC)c1OC. The zero-order valence-corrected chi connectivity index (χ0v) is 17.2. The number of hydrogen-bond donors (Lipinski definition) is 1. The molecule has 3 aromatic rings. The molecule has 4 rings (SSSR count). The van der Waals surface area contributed by atoms with Crippen molar-refractivity contribution in [3.63, 3.8) is 0 Å². The highest BCUT2D eigenvalue weighted by atomic mass is 35.5. The van der Waals surface area contributed by atoms with E-state index < -0.39 is 6.23 Å². The van der Waals surface area contributed by atoms with E-state index in [1.807, 2.05) is 60.7 Å². The lowest BCUT2D eigenvalue weighted by Gasteiger charge is -2.34. The van der Waals surface area contributed by atoms with Crippen LogP contribution in [0.2, 0.25) is 5.02 Å². The highest BCUT2D eigenvalue weighted by Crippen LogP contribution is 2.45. The van der Waals surface area contributed by atoms with Crippen LogP contribution in [0.25, 0.3) is 0 Å². The van der Waals surface area contributed by atoms with Crippen molar-refractivity contribution in [2.45, 2.75) is 12.3 Å². The predicted molar refractivity (Wildman–Crippen MR) is 113 cm³/mol. The minimum Gasteiger partial charge on any atom is -0.493 e. The molecule has 0 saturated heterocycles. The Kier molecular flexibility index (Phi) is 5.51. The van der Waals surface area contributed by atoms with Gasteiger partial charge >= 0.3 is 0 Å². The smallest absolute Gasteiger partial charge is 0.203 e. The number of fused-ring (bicyclic) bond motifs is 1. The first-order valence-corrected chi connectivity index (χ1v) is 9.58. The third-order valence-electron chi connectivity index (χ3n) is 4.95. The van der Waals surface area contributed by atoms with Gasteiger partial charge in [-0.3, -0.25) is 0 Å². The lowest BCUT2D eigenvalue weighted by Crippen LogP contribution is -2.25. The fourth-order valence-electron chi connectivity index (χ4n) is 3.57. The van der Waals surface area contributed by atoms with Gasteiger partial charge in [0, 0.05) is 21.8 Å². The summed E-state index contributed by atoms with van der Waals surface area (Å²) in [6.07, 6.45) is -0.683. The average molecular weight is 412 g/mol. The first-order chi connectivity index (χ1) is 14.1. The first-order valence-electron chi connectivity index (χ1n) is 9.21. The number of rotatable bonds is 5. The minimum absolute atomic E-state index is 0.268. The molecular formula is C23H22ClNO4. The molecule has 0 saturated carbocycles. The zero-order chi connectivity index (χ0) is 20.4. The van der Waals surface area contributed by atoms with Crippen LogP contribution in [0.5, 0.6) is 17.2 Å². The Morgan fingerprint density at radius 1 is 0.828 bits per heavy atom. The van der Waals surface area contributed by atoms with E-state index in [-0.39, 0.29) is 6.10 Å². The van der Waals surface area contributed by atoms with Gasteiger partial charge in [-0.05, 0) is 35.9 Å². The Morgan fingerprint density at radius 2 is 1.52 bits per heavy atom. The van der Waals surface area contributed by atoms with Crippen LogP contribution in [-0.4, -0.2) is 21.3 Å². The molecule has 2 atom stereocenters. The highest BCUT2D eigenvalue weighted by Gasteiger charge is 2.30. The topological polar surface area (TPSA) is 49.0 Å². The summed E-state index contributed by atoms with van der Waals surface area (Å²) in [5, 5.41) is 4.12. The van der Waals surface area contributed by atoms with Crippen molar-refractivity contribution in [1.29, 1.82) is 0 Å². The third kappa shape index (κ3) is 3.71. The summed E-state index contributed by atoms with van der Waals surface area (Å²) < 4.78 is 22.9. The minimum atomic E-state index is -0.414. The van der Waals surface area contributed by atoms with Crippen LogP contribution < -0.4 is 19.5 Å². The number of nitrogens with one attached hydrogen (secondary N) is 1. The molecule has 0 spiro atoms. The molecule has 0 bridgehead atoms. The molecule has 1 heterocycles. The van der Waals surface area contributed by atoms with Gasteiger partial charge in [0.25, 0.3) is 0 Å². The zero-order valence-electron chi connectivity index (χ0n) is 16.4. The molecular weight excluding hydrogens is 390 g/mol. The maximum absolute atomic E-state index is 6.49. The van der Waals surface area contributed by atoms with Gasteiger partial charge in [-0.1, -0.05) is 41.9 Å². The Bertz CT molecular complexity index is 984. The summed E-state index contributed by atoms with van der Waals surface area (Å²) in [6, 6.07) is 19.6. The molecule has 5 nitrogen and oxygen atoms in total. The van der Waals surface area contributed by atoms with Crippen LogP contribution in [0, 0.1) is 0 Å². The van der Waals surface area contributed by atoms with Crippen molar-refractivity contribution in [1.82, 2.24) is 0 Å². The summed E-state index contributed by atoms with van der Waals surface area (Å²) in [6.45, 7) is 0. The van der Waals surface area contributed by atoms with Crippen LogP contribution in [0.1, 0.15) is 29.0 Å². The number of ether oxygens (including phenoxy) is 4. The van der Waals surface area contributed by atoms with E-state index in [2.05, 4.69) is 5.32 Å². The molecule has 0 aliphatic carbocycles. The number of halogens is 1. The van der Waals surface area contributed by atoms with Crippen molar-refractivity contribution < 1.29 is 18.9 Å². The van der Waals surface area contributed by atoms with Crippen LogP contribution >= 0.6 is 11.6 Å². The summed E-state index contributed by atoms with van der Waals surface area (Å²) in [5.74, 6) is 1.69. The Hall–Kier alpha value is -2.89. The summed E-state index contributed by atoms with van der Waals surface area (Å²) in [5.41, 5.74) is 3.87. The second-order valence-corrected chi connectivity index (χ2v) is 7.08. The van der Waals surface area contributed by atoms with E-state index in [0.29, 0.717) is 22.3 Å². The molecule has 0 aromatic heterocycles. The predicted octanol–water partition coefficient (Wildman–Crippen LogP) is 5.60. The van der Waals surface area contributed by atoms with Crippen LogP contribution in [0.15, 0.2) is 60.7 Å². The fourth-order valence-corrected chi connectivity index (χ4v) is 3.75. The summed E-state index contributed by atoms with van der Waals surface area (Å²) in [4.78, 5) is 0.